The topological polar surface area (TPSA) is 72.7 Å². The second-order valence-electron chi connectivity index (χ2n) is 5.19. The lowest BCUT2D eigenvalue weighted by Crippen LogP contribution is -2.31. The monoisotopic (exact) mass is 283 g/mol. The van der Waals surface area contributed by atoms with Gasteiger partial charge in [-0.2, -0.15) is 0 Å². The summed E-state index contributed by atoms with van der Waals surface area (Å²) in [5, 5.41) is 14.8. The molecule has 1 N–H and O–H groups in total. The molecule has 1 aliphatic rings. The number of nitrogens with zero attached hydrogens (tertiary/aromatic N) is 4. The van der Waals surface area contributed by atoms with E-state index in [0.717, 1.165) is 18.7 Å². The number of thioether (sulfide) groups is 1. The summed E-state index contributed by atoms with van der Waals surface area (Å²) >= 11 is 1.56. The molecular formula is C12H21N5OS. The van der Waals surface area contributed by atoms with Gasteiger partial charge in [0, 0.05) is 6.04 Å². The summed E-state index contributed by atoms with van der Waals surface area (Å²) in [5.74, 6) is 2.10. The lowest BCUT2D eigenvalue weighted by atomic mass is 10.2. The zero-order valence-electron chi connectivity index (χ0n) is 11.5. The molecule has 106 valence electrons. The SMILES string of the molecule is CC(C)NC(=O)CSCc1nnnn1C1CCCC1. The van der Waals surface area contributed by atoms with Crippen molar-refractivity contribution in [1.29, 1.82) is 0 Å². The highest BCUT2D eigenvalue weighted by atomic mass is 32.2. The van der Waals surface area contributed by atoms with Crippen LogP contribution in [0.3, 0.4) is 0 Å². The van der Waals surface area contributed by atoms with E-state index in [-0.39, 0.29) is 11.9 Å². The average molecular weight is 283 g/mol. The van der Waals surface area contributed by atoms with Gasteiger partial charge in [-0.25, -0.2) is 4.68 Å². The second-order valence-corrected chi connectivity index (χ2v) is 6.18. The van der Waals surface area contributed by atoms with Crippen molar-refractivity contribution in [2.45, 2.75) is 57.4 Å². The highest BCUT2D eigenvalue weighted by Crippen LogP contribution is 2.29. The van der Waals surface area contributed by atoms with Crippen LogP contribution >= 0.6 is 11.8 Å². The Balaban J connectivity index is 1.80. The highest BCUT2D eigenvalue weighted by Gasteiger charge is 2.21. The smallest absolute Gasteiger partial charge is 0.230 e. The third kappa shape index (κ3) is 4.19. The molecule has 1 amide bonds. The fourth-order valence-electron chi connectivity index (χ4n) is 2.34. The number of carbonyl (C=O) groups excluding carboxylic acids is 1. The number of rotatable bonds is 6. The summed E-state index contributed by atoms with van der Waals surface area (Å²) in [6, 6.07) is 0.645. The number of hydrogen-bond donors (Lipinski definition) is 1. The molecule has 7 heteroatoms. The average Bonchev–Trinajstić information content (AvgIpc) is 2.96. The van der Waals surface area contributed by atoms with Crippen LogP contribution in [0.4, 0.5) is 0 Å². The van der Waals surface area contributed by atoms with E-state index in [4.69, 9.17) is 0 Å². The van der Waals surface area contributed by atoms with Gasteiger partial charge in [-0.1, -0.05) is 12.8 Å². The van der Waals surface area contributed by atoms with Crippen molar-refractivity contribution >= 4 is 17.7 Å². The first kappa shape index (κ1) is 14.3. The molecule has 0 atom stereocenters. The molecule has 0 unspecified atom stereocenters. The molecule has 19 heavy (non-hydrogen) atoms. The molecule has 1 fully saturated rings. The molecule has 0 spiro atoms. The Morgan fingerprint density at radius 3 is 2.89 bits per heavy atom. The van der Waals surface area contributed by atoms with Gasteiger partial charge in [0.25, 0.3) is 0 Å². The minimum Gasteiger partial charge on any atom is -0.353 e. The molecule has 1 saturated carbocycles. The standard InChI is InChI=1S/C12H21N5OS/c1-9(2)13-12(18)8-19-7-11-14-15-16-17(11)10-5-3-4-6-10/h9-10H,3-8H2,1-2H3,(H,13,18). The van der Waals surface area contributed by atoms with E-state index < -0.39 is 0 Å². The van der Waals surface area contributed by atoms with Crippen molar-refractivity contribution in [1.82, 2.24) is 25.5 Å². The van der Waals surface area contributed by atoms with Crippen LogP contribution in [-0.4, -0.2) is 37.9 Å². The molecule has 0 bridgehead atoms. The van der Waals surface area contributed by atoms with Crippen molar-refractivity contribution < 1.29 is 4.79 Å². The van der Waals surface area contributed by atoms with E-state index in [1.54, 1.807) is 11.8 Å². The normalized spacial score (nSPS) is 16.2. The van der Waals surface area contributed by atoms with E-state index in [1.807, 2.05) is 18.5 Å². The van der Waals surface area contributed by atoms with Gasteiger partial charge in [0.15, 0.2) is 5.82 Å². The van der Waals surface area contributed by atoms with Crippen molar-refractivity contribution in [3.05, 3.63) is 5.82 Å². The summed E-state index contributed by atoms with van der Waals surface area (Å²) < 4.78 is 1.94. The molecule has 0 saturated heterocycles. The molecule has 6 nitrogen and oxygen atoms in total. The Hall–Kier alpha value is -1.11. The summed E-state index contributed by atoms with van der Waals surface area (Å²) in [7, 11) is 0. The molecule has 0 radical (unpaired) electrons. The maximum Gasteiger partial charge on any atom is 0.230 e. The quantitative estimate of drug-likeness (QED) is 0.857. The third-order valence-corrected chi connectivity index (χ3v) is 4.07. The van der Waals surface area contributed by atoms with Crippen LogP contribution in [0.15, 0.2) is 0 Å². The van der Waals surface area contributed by atoms with Crippen molar-refractivity contribution in [3.8, 4) is 0 Å². The van der Waals surface area contributed by atoms with Gasteiger partial charge < -0.3 is 5.32 Å². The first-order chi connectivity index (χ1) is 9.16. The minimum absolute atomic E-state index is 0.0693. The van der Waals surface area contributed by atoms with Crippen LogP contribution in [0.25, 0.3) is 0 Å². The van der Waals surface area contributed by atoms with Gasteiger partial charge in [-0.3, -0.25) is 4.79 Å². The molecule has 1 aromatic rings. The molecule has 2 rings (SSSR count). The Bertz CT molecular complexity index is 414. The first-order valence-corrected chi connectivity index (χ1v) is 7.96. The van der Waals surface area contributed by atoms with E-state index in [1.165, 1.54) is 12.8 Å². The molecule has 0 aromatic carbocycles. The Kier molecular flexibility index (Phi) is 5.18. The van der Waals surface area contributed by atoms with Crippen LogP contribution in [-0.2, 0) is 10.5 Å². The zero-order valence-corrected chi connectivity index (χ0v) is 12.3. The predicted molar refractivity (Wildman–Crippen MR) is 74.8 cm³/mol. The maximum atomic E-state index is 11.5. The molecule has 1 aliphatic carbocycles. The fourth-order valence-corrected chi connectivity index (χ4v) is 3.08. The molecule has 1 heterocycles. The number of hydrogen-bond acceptors (Lipinski definition) is 5. The number of carbonyl (C=O) groups is 1. The number of aromatic nitrogens is 4. The van der Waals surface area contributed by atoms with Crippen molar-refractivity contribution in [3.63, 3.8) is 0 Å². The van der Waals surface area contributed by atoms with Crippen LogP contribution in [0.1, 0.15) is 51.4 Å². The summed E-state index contributed by atoms with van der Waals surface area (Å²) in [6.07, 6.45) is 4.84. The van der Waals surface area contributed by atoms with Gasteiger partial charge in [0.2, 0.25) is 5.91 Å². The summed E-state index contributed by atoms with van der Waals surface area (Å²) in [6.45, 7) is 3.92. The predicted octanol–water partition coefficient (Wildman–Crippen LogP) is 1.55. The molecular weight excluding hydrogens is 262 g/mol. The van der Waals surface area contributed by atoms with Gasteiger partial charge >= 0.3 is 0 Å². The van der Waals surface area contributed by atoms with Gasteiger partial charge in [0.05, 0.1) is 17.5 Å². The molecule has 0 aliphatic heterocycles. The summed E-state index contributed by atoms with van der Waals surface area (Å²) in [4.78, 5) is 11.5. The zero-order chi connectivity index (χ0) is 13.7. The van der Waals surface area contributed by atoms with Gasteiger partial charge in [-0.05, 0) is 37.1 Å². The van der Waals surface area contributed by atoms with Crippen LogP contribution in [0.5, 0.6) is 0 Å². The fraction of sp³-hybridized carbons (Fsp3) is 0.833. The number of amides is 1. The Labute approximate surface area is 117 Å². The van der Waals surface area contributed by atoms with Crippen molar-refractivity contribution in [2.24, 2.45) is 0 Å². The van der Waals surface area contributed by atoms with E-state index in [2.05, 4.69) is 20.8 Å². The number of tetrazole rings is 1. The van der Waals surface area contributed by atoms with Crippen LogP contribution in [0.2, 0.25) is 0 Å². The minimum atomic E-state index is 0.0693. The Morgan fingerprint density at radius 2 is 2.21 bits per heavy atom. The maximum absolute atomic E-state index is 11.5. The second kappa shape index (κ2) is 6.88. The Morgan fingerprint density at radius 1 is 1.47 bits per heavy atom. The van der Waals surface area contributed by atoms with Crippen LogP contribution in [0, 0.1) is 0 Å². The molecule has 1 aromatic heterocycles. The van der Waals surface area contributed by atoms with Gasteiger partial charge in [-0.15, -0.1) is 16.9 Å². The van der Waals surface area contributed by atoms with E-state index >= 15 is 0 Å². The lowest BCUT2D eigenvalue weighted by Gasteiger charge is -2.11. The lowest BCUT2D eigenvalue weighted by molar-refractivity contribution is -0.119. The summed E-state index contributed by atoms with van der Waals surface area (Å²) in [5.41, 5.74) is 0. The highest BCUT2D eigenvalue weighted by molar-refractivity contribution is 7.99. The van der Waals surface area contributed by atoms with E-state index in [0.29, 0.717) is 17.5 Å². The van der Waals surface area contributed by atoms with E-state index in [9.17, 15) is 4.79 Å². The van der Waals surface area contributed by atoms with Gasteiger partial charge in [0.1, 0.15) is 0 Å². The van der Waals surface area contributed by atoms with Crippen LogP contribution < -0.4 is 5.32 Å². The largest absolute Gasteiger partial charge is 0.353 e. The van der Waals surface area contributed by atoms with Crippen molar-refractivity contribution in [2.75, 3.05) is 5.75 Å². The number of nitrogens with one attached hydrogen (secondary N) is 1. The third-order valence-electron chi connectivity index (χ3n) is 3.15. The first-order valence-electron chi connectivity index (χ1n) is 6.80.